The summed E-state index contributed by atoms with van der Waals surface area (Å²) in [4.78, 5) is 1.23. The summed E-state index contributed by atoms with van der Waals surface area (Å²) in [5, 5.41) is 12.9. The third-order valence-corrected chi connectivity index (χ3v) is 4.15. The molecular formula is C15H25NO2S. The smallest absolute Gasteiger partial charge is 0.118 e. The van der Waals surface area contributed by atoms with Crippen LogP contribution in [0.1, 0.15) is 26.7 Å². The summed E-state index contributed by atoms with van der Waals surface area (Å²) in [6, 6.07) is 8.09. The van der Waals surface area contributed by atoms with Crippen molar-refractivity contribution < 1.29 is 9.84 Å². The second-order valence-corrected chi connectivity index (χ2v) is 6.09. The van der Waals surface area contributed by atoms with Crippen LogP contribution in [0.25, 0.3) is 0 Å². The van der Waals surface area contributed by atoms with Crippen molar-refractivity contribution in [1.29, 1.82) is 0 Å². The van der Waals surface area contributed by atoms with E-state index in [1.165, 1.54) is 4.90 Å². The van der Waals surface area contributed by atoms with E-state index in [1.807, 2.05) is 23.9 Å². The first-order valence-corrected chi connectivity index (χ1v) is 7.75. The lowest BCUT2D eigenvalue weighted by Gasteiger charge is -2.28. The maximum absolute atomic E-state index is 9.49. The van der Waals surface area contributed by atoms with Gasteiger partial charge in [0.1, 0.15) is 5.75 Å². The molecule has 0 aliphatic carbocycles. The Hall–Kier alpha value is -0.710. The summed E-state index contributed by atoms with van der Waals surface area (Å²) >= 11 is 1.81. The monoisotopic (exact) mass is 283 g/mol. The maximum atomic E-state index is 9.49. The lowest BCUT2D eigenvalue weighted by Crippen LogP contribution is -2.46. The fourth-order valence-corrected chi connectivity index (χ4v) is 2.83. The van der Waals surface area contributed by atoms with Crippen LogP contribution in [0.15, 0.2) is 29.2 Å². The van der Waals surface area contributed by atoms with Crippen molar-refractivity contribution in [3.63, 3.8) is 0 Å². The molecule has 4 heteroatoms. The van der Waals surface area contributed by atoms with Crippen molar-refractivity contribution in [2.75, 3.05) is 26.0 Å². The SMILES string of the molecule is CCCNC(C)(CO)CCSc1ccc(OC)cc1. The molecule has 108 valence electrons. The molecule has 1 rings (SSSR count). The Morgan fingerprint density at radius 3 is 2.53 bits per heavy atom. The molecule has 0 aliphatic rings. The Morgan fingerprint density at radius 2 is 2.00 bits per heavy atom. The minimum absolute atomic E-state index is 0.171. The standard InChI is InChI=1S/C15H25NO2S/c1-4-10-16-15(2,12-17)9-11-19-14-7-5-13(18-3)6-8-14/h5-8,16-17H,4,9-12H2,1-3H3. The molecular weight excluding hydrogens is 258 g/mol. The number of methoxy groups -OCH3 is 1. The van der Waals surface area contributed by atoms with Crippen LogP contribution in [0.2, 0.25) is 0 Å². The normalized spacial score (nSPS) is 14.1. The molecule has 0 radical (unpaired) electrons. The van der Waals surface area contributed by atoms with Crippen molar-refractivity contribution in [2.45, 2.75) is 37.1 Å². The number of aliphatic hydroxyl groups excluding tert-OH is 1. The lowest BCUT2D eigenvalue weighted by molar-refractivity contribution is 0.171. The van der Waals surface area contributed by atoms with Crippen molar-refractivity contribution in [3.8, 4) is 5.75 Å². The first-order chi connectivity index (χ1) is 9.13. The molecule has 0 amide bonds. The zero-order valence-electron chi connectivity index (χ0n) is 12.1. The summed E-state index contributed by atoms with van der Waals surface area (Å²) in [7, 11) is 1.67. The number of hydrogen-bond donors (Lipinski definition) is 2. The molecule has 0 spiro atoms. The van der Waals surface area contributed by atoms with E-state index in [9.17, 15) is 5.11 Å². The van der Waals surface area contributed by atoms with Crippen LogP contribution in [0.4, 0.5) is 0 Å². The molecule has 0 bridgehead atoms. The van der Waals surface area contributed by atoms with E-state index in [4.69, 9.17) is 4.74 Å². The van der Waals surface area contributed by atoms with Gasteiger partial charge >= 0.3 is 0 Å². The summed E-state index contributed by atoms with van der Waals surface area (Å²) < 4.78 is 5.14. The zero-order valence-corrected chi connectivity index (χ0v) is 12.9. The number of ether oxygens (including phenoxy) is 1. The molecule has 0 aliphatic heterocycles. The second-order valence-electron chi connectivity index (χ2n) is 4.92. The molecule has 0 fully saturated rings. The first kappa shape index (κ1) is 16.3. The van der Waals surface area contributed by atoms with Gasteiger partial charge in [-0.1, -0.05) is 6.92 Å². The summed E-state index contributed by atoms with van der Waals surface area (Å²) in [6.45, 7) is 5.34. The summed E-state index contributed by atoms with van der Waals surface area (Å²) in [5.41, 5.74) is -0.171. The van der Waals surface area contributed by atoms with Crippen LogP contribution in [-0.2, 0) is 0 Å². The Morgan fingerprint density at radius 1 is 1.32 bits per heavy atom. The van der Waals surface area contributed by atoms with Gasteiger partial charge < -0.3 is 15.2 Å². The average Bonchev–Trinajstić information content (AvgIpc) is 2.46. The summed E-state index contributed by atoms with van der Waals surface area (Å²) in [6.07, 6.45) is 2.03. The highest BCUT2D eigenvalue weighted by atomic mass is 32.2. The Bertz CT molecular complexity index is 356. The number of nitrogens with one attached hydrogen (secondary N) is 1. The van der Waals surface area contributed by atoms with Gasteiger partial charge in [0.2, 0.25) is 0 Å². The Labute approximate surface area is 120 Å². The van der Waals surface area contributed by atoms with Crippen LogP contribution in [0.3, 0.4) is 0 Å². The molecule has 19 heavy (non-hydrogen) atoms. The van der Waals surface area contributed by atoms with Crippen molar-refractivity contribution >= 4 is 11.8 Å². The van der Waals surface area contributed by atoms with Crippen LogP contribution in [-0.4, -0.2) is 36.7 Å². The molecule has 1 aromatic carbocycles. The molecule has 3 nitrogen and oxygen atoms in total. The molecule has 1 atom stereocenters. The van der Waals surface area contributed by atoms with E-state index >= 15 is 0 Å². The quantitative estimate of drug-likeness (QED) is 0.684. The third kappa shape index (κ3) is 5.85. The molecule has 0 aromatic heterocycles. The topological polar surface area (TPSA) is 41.5 Å². The Kier molecular flexibility index (Phi) is 7.28. The minimum Gasteiger partial charge on any atom is -0.497 e. The second kappa shape index (κ2) is 8.46. The fourth-order valence-electron chi connectivity index (χ4n) is 1.72. The highest BCUT2D eigenvalue weighted by Gasteiger charge is 2.21. The molecule has 0 saturated carbocycles. The van der Waals surface area contributed by atoms with Gasteiger partial charge in [0.25, 0.3) is 0 Å². The predicted octanol–water partition coefficient (Wildman–Crippen LogP) is 2.93. The molecule has 0 heterocycles. The van der Waals surface area contributed by atoms with Gasteiger partial charge in [-0.15, -0.1) is 11.8 Å². The van der Waals surface area contributed by atoms with Gasteiger partial charge in [-0.05, 0) is 56.3 Å². The van der Waals surface area contributed by atoms with Crippen LogP contribution in [0.5, 0.6) is 5.75 Å². The number of hydrogen-bond acceptors (Lipinski definition) is 4. The van der Waals surface area contributed by atoms with Crippen molar-refractivity contribution in [1.82, 2.24) is 5.32 Å². The van der Waals surface area contributed by atoms with Gasteiger partial charge in [-0.25, -0.2) is 0 Å². The largest absolute Gasteiger partial charge is 0.497 e. The van der Waals surface area contributed by atoms with E-state index in [0.717, 1.165) is 30.9 Å². The third-order valence-electron chi connectivity index (χ3n) is 3.13. The van der Waals surface area contributed by atoms with Crippen LogP contribution < -0.4 is 10.1 Å². The van der Waals surface area contributed by atoms with Crippen molar-refractivity contribution in [3.05, 3.63) is 24.3 Å². The van der Waals surface area contributed by atoms with Crippen molar-refractivity contribution in [2.24, 2.45) is 0 Å². The van der Waals surface area contributed by atoms with Gasteiger partial charge in [0.05, 0.1) is 13.7 Å². The number of benzene rings is 1. The number of rotatable bonds is 9. The van der Waals surface area contributed by atoms with E-state index in [-0.39, 0.29) is 12.1 Å². The molecule has 1 aromatic rings. The molecule has 1 unspecified atom stereocenters. The lowest BCUT2D eigenvalue weighted by atomic mass is 10.0. The van der Waals surface area contributed by atoms with Gasteiger partial charge in [0.15, 0.2) is 0 Å². The fraction of sp³-hybridized carbons (Fsp3) is 0.600. The molecule has 2 N–H and O–H groups in total. The van der Waals surface area contributed by atoms with E-state index in [2.05, 4.69) is 31.3 Å². The van der Waals surface area contributed by atoms with Crippen LogP contribution >= 0.6 is 11.8 Å². The summed E-state index contributed by atoms with van der Waals surface area (Å²) in [5.74, 6) is 1.87. The average molecular weight is 283 g/mol. The van der Waals surface area contributed by atoms with Crippen LogP contribution in [0, 0.1) is 0 Å². The first-order valence-electron chi connectivity index (χ1n) is 6.76. The zero-order chi connectivity index (χ0) is 14.1. The minimum atomic E-state index is -0.171. The highest BCUT2D eigenvalue weighted by Crippen LogP contribution is 2.24. The van der Waals surface area contributed by atoms with Gasteiger partial charge in [0, 0.05) is 10.4 Å². The predicted molar refractivity (Wildman–Crippen MR) is 82.1 cm³/mol. The molecule has 0 saturated heterocycles. The number of thioether (sulfide) groups is 1. The van der Waals surface area contributed by atoms with Gasteiger partial charge in [-0.2, -0.15) is 0 Å². The van der Waals surface area contributed by atoms with E-state index < -0.39 is 0 Å². The Balaban J connectivity index is 2.38. The maximum Gasteiger partial charge on any atom is 0.118 e. The highest BCUT2D eigenvalue weighted by molar-refractivity contribution is 7.99. The van der Waals surface area contributed by atoms with Gasteiger partial charge in [-0.3, -0.25) is 0 Å². The van der Waals surface area contributed by atoms with E-state index in [1.54, 1.807) is 7.11 Å². The van der Waals surface area contributed by atoms with E-state index in [0.29, 0.717) is 0 Å². The number of aliphatic hydroxyl groups is 1.